The monoisotopic (exact) mass is 245 g/mol. The summed E-state index contributed by atoms with van der Waals surface area (Å²) in [6.07, 6.45) is 0. The van der Waals surface area contributed by atoms with E-state index in [-0.39, 0.29) is 0 Å². The van der Waals surface area contributed by atoms with Crippen molar-refractivity contribution in [3.8, 4) is 5.75 Å². The Balaban J connectivity index is 2.10. The highest BCUT2D eigenvalue weighted by molar-refractivity contribution is 6.30. The molecule has 0 aliphatic rings. The SMILES string of the molecule is Cc1c[c]cc(C)c1OCc1ccc(Cl)cc1. The Morgan fingerprint density at radius 3 is 2.24 bits per heavy atom. The van der Waals surface area contributed by atoms with Crippen LogP contribution in [-0.2, 0) is 6.61 Å². The smallest absolute Gasteiger partial charge is 0.125 e. The van der Waals surface area contributed by atoms with Crippen molar-refractivity contribution < 1.29 is 4.74 Å². The van der Waals surface area contributed by atoms with E-state index in [1.54, 1.807) is 0 Å². The predicted octanol–water partition coefficient (Wildman–Crippen LogP) is 4.34. The molecule has 2 aromatic carbocycles. The molecule has 1 nitrogen and oxygen atoms in total. The first-order valence-corrected chi connectivity index (χ1v) is 5.89. The minimum absolute atomic E-state index is 0.558. The van der Waals surface area contributed by atoms with Crippen LogP contribution in [0.15, 0.2) is 36.4 Å². The van der Waals surface area contributed by atoms with Gasteiger partial charge in [0.1, 0.15) is 12.4 Å². The fraction of sp³-hybridized carbons (Fsp3) is 0.200. The van der Waals surface area contributed by atoms with Gasteiger partial charge >= 0.3 is 0 Å². The van der Waals surface area contributed by atoms with Gasteiger partial charge in [0.15, 0.2) is 0 Å². The maximum absolute atomic E-state index is 5.83. The lowest BCUT2D eigenvalue weighted by atomic mass is 10.1. The van der Waals surface area contributed by atoms with E-state index in [4.69, 9.17) is 16.3 Å². The van der Waals surface area contributed by atoms with Crippen LogP contribution in [0.2, 0.25) is 5.02 Å². The summed E-state index contributed by atoms with van der Waals surface area (Å²) in [5.74, 6) is 0.943. The van der Waals surface area contributed by atoms with Crippen LogP contribution in [0.3, 0.4) is 0 Å². The summed E-state index contributed by atoms with van der Waals surface area (Å²) in [5.41, 5.74) is 3.33. The van der Waals surface area contributed by atoms with Crippen molar-refractivity contribution in [2.45, 2.75) is 20.5 Å². The average molecular weight is 246 g/mol. The Hall–Kier alpha value is -1.47. The molecule has 0 spiro atoms. The molecule has 0 unspecified atom stereocenters. The van der Waals surface area contributed by atoms with Crippen LogP contribution in [0.25, 0.3) is 0 Å². The maximum atomic E-state index is 5.83. The summed E-state index contributed by atoms with van der Waals surface area (Å²) in [6, 6.07) is 14.6. The summed E-state index contributed by atoms with van der Waals surface area (Å²) >= 11 is 5.83. The molecule has 0 saturated carbocycles. The van der Waals surface area contributed by atoms with E-state index in [1.165, 1.54) is 0 Å². The topological polar surface area (TPSA) is 9.23 Å². The molecule has 2 aromatic rings. The van der Waals surface area contributed by atoms with Gasteiger partial charge in [0, 0.05) is 5.02 Å². The molecule has 0 N–H and O–H groups in total. The third kappa shape index (κ3) is 3.01. The summed E-state index contributed by atoms with van der Waals surface area (Å²) in [7, 11) is 0. The van der Waals surface area contributed by atoms with Crippen LogP contribution in [0.4, 0.5) is 0 Å². The molecule has 1 radical (unpaired) electrons. The van der Waals surface area contributed by atoms with Crippen LogP contribution >= 0.6 is 11.6 Å². The van der Waals surface area contributed by atoms with E-state index in [1.807, 2.05) is 50.2 Å². The fourth-order valence-electron chi connectivity index (χ4n) is 1.70. The lowest BCUT2D eigenvalue weighted by Gasteiger charge is -2.11. The van der Waals surface area contributed by atoms with Crippen molar-refractivity contribution >= 4 is 11.6 Å². The van der Waals surface area contributed by atoms with Gasteiger partial charge in [-0.05, 0) is 60.9 Å². The van der Waals surface area contributed by atoms with Crippen molar-refractivity contribution in [1.29, 1.82) is 0 Å². The number of hydrogen-bond donors (Lipinski definition) is 0. The zero-order chi connectivity index (χ0) is 12.3. The quantitative estimate of drug-likeness (QED) is 0.782. The van der Waals surface area contributed by atoms with Crippen molar-refractivity contribution in [2.75, 3.05) is 0 Å². The second-order valence-corrected chi connectivity index (χ2v) is 4.50. The van der Waals surface area contributed by atoms with E-state index in [0.717, 1.165) is 27.5 Å². The zero-order valence-corrected chi connectivity index (χ0v) is 10.7. The van der Waals surface area contributed by atoms with Gasteiger partial charge in [-0.3, -0.25) is 0 Å². The molecule has 87 valence electrons. The number of rotatable bonds is 3. The first kappa shape index (κ1) is 12.0. The largest absolute Gasteiger partial charge is 0.488 e. The average Bonchev–Trinajstić information content (AvgIpc) is 2.31. The van der Waals surface area contributed by atoms with E-state index >= 15 is 0 Å². The second-order valence-electron chi connectivity index (χ2n) is 4.07. The van der Waals surface area contributed by atoms with Gasteiger partial charge in [0.05, 0.1) is 0 Å². The Morgan fingerprint density at radius 2 is 1.65 bits per heavy atom. The van der Waals surface area contributed by atoms with Crippen LogP contribution in [-0.4, -0.2) is 0 Å². The molecule has 0 bridgehead atoms. The normalized spacial score (nSPS) is 10.3. The zero-order valence-electron chi connectivity index (χ0n) is 9.96. The van der Waals surface area contributed by atoms with Gasteiger partial charge < -0.3 is 4.74 Å². The minimum Gasteiger partial charge on any atom is -0.488 e. The van der Waals surface area contributed by atoms with Crippen LogP contribution in [0, 0.1) is 19.9 Å². The predicted molar refractivity (Wildman–Crippen MR) is 70.5 cm³/mol. The van der Waals surface area contributed by atoms with Gasteiger partial charge in [-0.2, -0.15) is 0 Å². The Morgan fingerprint density at radius 1 is 1.06 bits per heavy atom. The lowest BCUT2D eigenvalue weighted by molar-refractivity contribution is 0.302. The molecular formula is C15H14ClO. The number of benzene rings is 2. The Bertz CT molecular complexity index is 483. The van der Waals surface area contributed by atoms with Gasteiger partial charge in [-0.15, -0.1) is 0 Å². The van der Waals surface area contributed by atoms with Crippen molar-refractivity contribution in [2.24, 2.45) is 0 Å². The number of hydrogen-bond acceptors (Lipinski definition) is 1. The molecule has 0 aromatic heterocycles. The summed E-state index contributed by atoms with van der Waals surface area (Å²) in [4.78, 5) is 0. The first-order chi connectivity index (χ1) is 8.16. The maximum Gasteiger partial charge on any atom is 0.125 e. The number of aryl methyl sites for hydroxylation is 2. The highest BCUT2D eigenvalue weighted by Crippen LogP contribution is 2.23. The molecular weight excluding hydrogens is 232 g/mol. The molecule has 0 heterocycles. The first-order valence-electron chi connectivity index (χ1n) is 5.51. The van der Waals surface area contributed by atoms with Crippen molar-refractivity contribution in [1.82, 2.24) is 0 Å². The van der Waals surface area contributed by atoms with E-state index in [2.05, 4.69) is 6.07 Å². The third-order valence-electron chi connectivity index (χ3n) is 2.61. The van der Waals surface area contributed by atoms with Crippen LogP contribution in [0.1, 0.15) is 16.7 Å². The summed E-state index contributed by atoms with van der Waals surface area (Å²) < 4.78 is 5.83. The van der Waals surface area contributed by atoms with Crippen molar-refractivity contribution in [3.63, 3.8) is 0 Å². The van der Waals surface area contributed by atoms with E-state index in [9.17, 15) is 0 Å². The molecule has 0 aliphatic heterocycles. The molecule has 0 saturated heterocycles. The summed E-state index contributed by atoms with van der Waals surface area (Å²) in [5, 5.41) is 0.746. The Labute approximate surface area is 107 Å². The van der Waals surface area contributed by atoms with Gasteiger partial charge in [-0.25, -0.2) is 0 Å². The van der Waals surface area contributed by atoms with E-state index in [0.29, 0.717) is 6.61 Å². The Kier molecular flexibility index (Phi) is 3.70. The third-order valence-corrected chi connectivity index (χ3v) is 2.86. The second kappa shape index (κ2) is 5.24. The molecule has 0 aliphatic carbocycles. The molecule has 2 heteroatoms. The highest BCUT2D eigenvalue weighted by atomic mass is 35.5. The van der Waals surface area contributed by atoms with E-state index < -0.39 is 0 Å². The van der Waals surface area contributed by atoms with Gasteiger partial charge in [-0.1, -0.05) is 23.7 Å². The van der Waals surface area contributed by atoms with Crippen LogP contribution < -0.4 is 4.74 Å². The standard InChI is InChI=1S/C15H14ClO/c1-11-4-3-5-12(2)15(11)17-10-13-6-8-14(16)9-7-13/h4-9H,10H2,1-2H3. The fourth-order valence-corrected chi connectivity index (χ4v) is 1.82. The highest BCUT2D eigenvalue weighted by Gasteiger charge is 2.03. The van der Waals surface area contributed by atoms with Gasteiger partial charge in [0.25, 0.3) is 0 Å². The summed E-state index contributed by atoms with van der Waals surface area (Å²) in [6.45, 7) is 4.62. The molecule has 0 amide bonds. The lowest BCUT2D eigenvalue weighted by Crippen LogP contribution is -1.98. The van der Waals surface area contributed by atoms with Crippen molar-refractivity contribution in [3.05, 3.63) is 64.2 Å². The number of halogens is 1. The molecule has 0 fully saturated rings. The molecule has 2 rings (SSSR count). The van der Waals surface area contributed by atoms with Crippen LogP contribution in [0.5, 0.6) is 5.75 Å². The molecule has 17 heavy (non-hydrogen) atoms. The molecule has 0 atom stereocenters. The minimum atomic E-state index is 0.558. The number of ether oxygens (including phenoxy) is 1. The van der Waals surface area contributed by atoms with Gasteiger partial charge in [0.2, 0.25) is 0 Å².